The molecule has 2 heteroatoms. The van der Waals surface area contributed by atoms with Crippen molar-refractivity contribution < 1.29 is 0 Å². The number of aryl methyl sites for hydroxylation is 1. The predicted molar refractivity (Wildman–Crippen MR) is 52.6 cm³/mol. The highest BCUT2D eigenvalue weighted by Crippen LogP contribution is 2.41. The maximum absolute atomic E-state index is 6.00. The van der Waals surface area contributed by atoms with Crippen LogP contribution in [-0.2, 0) is 12.8 Å². The largest absolute Gasteiger partial charge is 0.398 e. The second-order valence-corrected chi connectivity index (χ2v) is 4.19. The highest BCUT2D eigenvalue weighted by molar-refractivity contribution is 5.52. The molecular weight excluding hydrogens is 160 g/mol. The Kier molecular flexibility index (Phi) is 1.40. The van der Waals surface area contributed by atoms with Crippen LogP contribution in [0, 0.1) is 0 Å². The number of rotatable bonds is 1. The Bertz CT molecular complexity index is 353. The summed E-state index contributed by atoms with van der Waals surface area (Å²) in [6.45, 7) is 0. The number of nitrogen functional groups attached to an aromatic ring is 1. The van der Waals surface area contributed by atoms with E-state index in [1.54, 1.807) is 0 Å². The molecule has 13 heavy (non-hydrogen) atoms. The van der Waals surface area contributed by atoms with Gasteiger partial charge in [0.15, 0.2) is 0 Å². The fourth-order valence-electron chi connectivity index (χ4n) is 2.18. The van der Waals surface area contributed by atoms with Gasteiger partial charge in [-0.05, 0) is 43.7 Å². The van der Waals surface area contributed by atoms with Crippen molar-refractivity contribution in [2.24, 2.45) is 0 Å². The number of hydrogen-bond donors (Lipinski definition) is 1. The number of nitrogens with two attached hydrogens (primary N) is 1. The van der Waals surface area contributed by atoms with Crippen LogP contribution in [0.1, 0.15) is 42.1 Å². The fraction of sp³-hybridized carbons (Fsp3) is 0.545. The Morgan fingerprint density at radius 3 is 2.92 bits per heavy atom. The zero-order valence-electron chi connectivity index (χ0n) is 7.71. The first-order chi connectivity index (χ1) is 6.34. The van der Waals surface area contributed by atoms with Gasteiger partial charge in [0.25, 0.3) is 0 Å². The lowest BCUT2D eigenvalue weighted by molar-refractivity contribution is 0.890. The molecule has 2 N–H and O–H groups in total. The van der Waals surface area contributed by atoms with Gasteiger partial charge in [-0.2, -0.15) is 0 Å². The van der Waals surface area contributed by atoms with Crippen LogP contribution in [0.4, 0.5) is 5.69 Å². The summed E-state index contributed by atoms with van der Waals surface area (Å²) in [6, 6.07) is 2.10. The minimum atomic E-state index is 0.730. The number of pyridine rings is 1. The molecule has 68 valence electrons. The van der Waals surface area contributed by atoms with Crippen molar-refractivity contribution in [3.05, 3.63) is 23.0 Å². The van der Waals surface area contributed by atoms with Gasteiger partial charge in [-0.1, -0.05) is 0 Å². The van der Waals surface area contributed by atoms with Crippen molar-refractivity contribution in [3.63, 3.8) is 0 Å². The molecular formula is C11H14N2. The lowest BCUT2D eigenvalue weighted by Crippen LogP contribution is -1.99. The number of fused-ring (bicyclic) bond motifs is 1. The average Bonchev–Trinajstić information content (AvgIpc) is 2.85. The van der Waals surface area contributed by atoms with Crippen molar-refractivity contribution in [1.82, 2.24) is 4.98 Å². The van der Waals surface area contributed by atoms with Crippen molar-refractivity contribution in [2.45, 2.75) is 38.0 Å². The van der Waals surface area contributed by atoms with Crippen LogP contribution >= 0.6 is 0 Å². The smallest absolute Gasteiger partial charge is 0.0459 e. The third-order valence-electron chi connectivity index (χ3n) is 3.10. The molecule has 0 unspecified atom stereocenters. The second-order valence-electron chi connectivity index (χ2n) is 4.19. The molecule has 0 atom stereocenters. The molecule has 0 aromatic carbocycles. The van der Waals surface area contributed by atoms with Gasteiger partial charge in [0.2, 0.25) is 0 Å². The molecule has 0 radical (unpaired) electrons. The van der Waals surface area contributed by atoms with E-state index in [1.165, 1.54) is 36.2 Å². The summed E-state index contributed by atoms with van der Waals surface area (Å²) in [4.78, 5) is 4.70. The summed E-state index contributed by atoms with van der Waals surface area (Å²) in [7, 11) is 0. The first-order valence-electron chi connectivity index (χ1n) is 5.13. The maximum atomic E-state index is 6.00. The highest BCUT2D eigenvalue weighted by atomic mass is 14.8. The van der Waals surface area contributed by atoms with E-state index in [0.29, 0.717) is 0 Å². The van der Waals surface area contributed by atoms with E-state index < -0.39 is 0 Å². The van der Waals surface area contributed by atoms with E-state index in [1.807, 2.05) is 0 Å². The quantitative estimate of drug-likeness (QED) is 0.707. The average molecular weight is 174 g/mol. The lowest BCUT2D eigenvalue weighted by atomic mass is 10.1. The molecule has 0 amide bonds. The standard InChI is InChI=1S/C11H14N2/c12-9-6-11(7-4-5-7)13-10-3-1-2-8(9)10/h6-7H,1-5H2,(H2,12,13). The third-order valence-corrected chi connectivity index (χ3v) is 3.10. The van der Waals surface area contributed by atoms with Gasteiger partial charge in [0.05, 0.1) is 0 Å². The number of hydrogen-bond acceptors (Lipinski definition) is 2. The second kappa shape index (κ2) is 2.47. The van der Waals surface area contributed by atoms with Crippen LogP contribution in [0.15, 0.2) is 6.07 Å². The van der Waals surface area contributed by atoms with Crippen molar-refractivity contribution >= 4 is 5.69 Å². The van der Waals surface area contributed by atoms with Crippen molar-refractivity contribution in [2.75, 3.05) is 5.73 Å². The maximum Gasteiger partial charge on any atom is 0.0459 e. The zero-order valence-corrected chi connectivity index (χ0v) is 7.71. The van der Waals surface area contributed by atoms with Gasteiger partial charge in [0, 0.05) is 23.0 Å². The van der Waals surface area contributed by atoms with E-state index in [-0.39, 0.29) is 0 Å². The molecule has 1 aromatic heterocycles. The highest BCUT2D eigenvalue weighted by Gasteiger charge is 2.27. The zero-order chi connectivity index (χ0) is 8.84. The van der Waals surface area contributed by atoms with E-state index in [4.69, 9.17) is 10.7 Å². The molecule has 0 bridgehead atoms. The van der Waals surface area contributed by atoms with E-state index in [2.05, 4.69) is 6.07 Å². The van der Waals surface area contributed by atoms with Gasteiger partial charge in [-0.15, -0.1) is 0 Å². The fourth-order valence-corrected chi connectivity index (χ4v) is 2.18. The Labute approximate surface area is 78.2 Å². The Balaban J connectivity index is 2.10. The molecule has 2 aliphatic carbocycles. The minimum Gasteiger partial charge on any atom is -0.398 e. The van der Waals surface area contributed by atoms with E-state index in [0.717, 1.165) is 24.4 Å². The molecule has 1 saturated carbocycles. The van der Waals surface area contributed by atoms with Crippen LogP contribution in [-0.4, -0.2) is 4.98 Å². The summed E-state index contributed by atoms with van der Waals surface area (Å²) >= 11 is 0. The lowest BCUT2D eigenvalue weighted by Gasteiger charge is -2.06. The Morgan fingerprint density at radius 2 is 2.15 bits per heavy atom. The summed E-state index contributed by atoms with van der Waals surface area (Å²) < 4.78 is 0. The van der Waals surface area contributed by atoms with Gasteiger partial charge in [0.1, 0.15) is 0 Å². The first-order valence-corrected chi connectivity index (χ1v) is 5.13. The molecule has 0 saturated heterocycles. The molecule has 1 fully saturated rings. The van der Waals surface area contributed by atoms with E-state index >= 15 is 0 Å². The Morgan fingerprint density at radius 1 is 1.31 bits per heavy atom. The number of anilines is 1. The molecule has 2 nitrogen and oxygen atoms in total. The van der Waals surface area contributed by atoms with Crippen molar-refractivity contribution in [3.8, 4) is 0 Å². The van der Waals surface area contributed by atoms with Gasteiger partial charge in [-0.25, -0.2) is 0 Å². The Hall–Kier alpha value is -1.05. The van der Waals surface area contributed by atoms with Gasteiger partial charge in [-0.3, -0.25) is 4.98 Å². The number of nitrogens with zero attached hydrogens (tertiary/aromatic N) is 1. The van der Waals surface area contributed by atoms with Gasteiger partial charge >= 0.3 is 0 Å². The van der Waals surface area contributed by atoms with Crippen LogP contribution in [0.2, 0.25) is 0 Å². The van der Waals surface area contributed by atoms with Gasteiger partial charge < -0.3 is 5.73 Å². The molecule has 1 heterocycles. The van der Waals surface area contributed by atoms with Crippen LogP contribution in [0.5, 0.6) is 0 Å². The molecule has 0 aliphatic heterocycles. The van der Waals surface area contributed by atoms with Crippen LogP contribution in [0.25, 0.3) is 0 Å². The summed E-state index contributed by atoms with van der Waals surface area (Å²) in [5.41, 5.74) is 10.8. The van der Waals surface area contributed by atoms with Crippen molar-refractivity contribution in [1.29, 1.82) is 0 Å². The first kappa shape index (κ1) is 7.36. The molecule has 0 spiro atoms. The summed E-state index contributed by atoms with van der Waals surface area (Å²) in [5, 5.41) is 0. The molecule has 2 aliphatic rings. The predicted octanol–water partition coefficient (Wildman–Crippen LogP) is 2.03. The third kappa shape index (κ3) is 1.12. The topological polar surface area (TPSA) is 38.9 Å². The van der Waals surface area contributed by atoms with E-state index in [9.17, 15) is 0 Å². The van der Waals surface area contributed by atoms with Crippen LogP contribution in [0.3, 0.4) is 0 Å². The monoisotopic (exact) mass is 174 g/mol. The normalized spacial score (nSPS) is 20.3. The van der Waals surface area contributed by atoms with Crippen LogP contribution < -0.4 is 5.73 Å². The summed E-state index contributed by atoms with van der Waals surface area (Å²) in [5.74, 6) is 0.730. The summed E-state index contributed by atoms with van der Waals surface area (Å²) in [6.07, 6.45) is 6.14. The molecule has 1 aromatic rings. The number of aromatic nitrogens is 1. The SMILES string of the molecule is Nc1cc(C2CC2)nc2c1CCC2. The molecule has 3 rings (SSSR count). The minimum absolute atomic E-state index is 0.730.